The van der Waals surface area contributed by atoms with Crippen molar-refractivity contribution in [2.24, 2.45) is 0 Å². The third-order valence-corrected chi connectivity index (χ3v) is 3.09. The fraction of sp³-hybridized carbons (Fsp3) is 0.700. The van der Waals surface area contributed by atoms with Crippen molar-refractivity contribution in [3.05, 3.63) is 5.56 Å². The molecular formula is C10H19N3OS. The van der Waals surface area contributed by atoms with Crippen LogP contribution in [0.3, 0.4) is 0 Å². The topological polar surface area (TPSA) is 60.2 Å². The van der Waals surface area contributed by atoms with Gasteiger partial charge in [0.05, 0.1) is 5.60 Å². The molecule has 1 aromatic heterocycles. The van der Waals surface area contributed by atoms with Gasteiger partial charge in [-0.2, -0.15) is 4.37 Å². The third-order valence-electron chi connectivity index (χ3n) is 2.17. The lowest BCUT2D eigenvalue weighted by molar-refractivity contribution is 0.000742. The second-order valence-electron chi connectivity index (χ2n) is 4.07. The number of rotatable bonds is 5. The molecule has 0 aliphatic carbocycles. The van der Waals surface area contributed by atoms with E-state index < -0.39 is 0 Å². The van der Waals surface area contributed by atoms with E-state index in [1.165, 1.54) is 11.5 Å². The average molecular weight is 229 g/mol. The number of aromatic nitrogens is 1. The number of hydrogen-bond acceptors (Lipinski definition) is 5. The van der Waals surface area contributed by atoms with Crippen LogP contribution < -0.4 is 11.1 Å². The Bertz CT molecular complexity index is 322. The monoisotopic (exact) mass is 229 g/mol. The van der Waals surface area contributed by atoms with E-state index in [4.69, 9.17) is 10.5 Å². The quantitative estimate of drug-likeness (QED) is 0.813. The van der Waals surface area contributed by atoms with Gasteiger partial charge in [0.1, 0.15) is 10.8 Å². The largest absolute Gasteiger partial charge is 0.383 e. The second kappa shape index (κ2) is 4.81. The van der Waals surface area contributed by atoms with E-state index in [2.05, 4.69) is 23.5 Å². The zero-order valence-corrected chi connectivity index (χ0v) is 10.6. The van der Waals surface area contributed by atoms with Crippen molar-refractivity contribution >= 4 is 22.4 Å². The van der Waals surface area contributed by atoms with Gasteiger partial charge in [-0.05, 0) is 39.2 Å². The zero-order valence-electron chi connectivity index (χ0n) is 9.76. The normalized spacial score (nSPS) is 11.7. The van der Waals surface area contributed by atoms with Gasteiger partial charge in [0, 0.05) is 18.7 Å². The maximum absolute atomic E-state index is 5.67. The van der Waals surface area contributed by atoms with Crippen molar-refractivity contribution in [2.75, 3.05) is 24.2 Å². The molecule has 3 N–H and O–H groups in total. The Morgan fingerprint density at radius 1 is 1.53 bits per heavy atom. The minimum absolute atomic E-state index is 0.167. The van der Waals surface area contributed by atoms with Gasteiger partial charge in [0.25, 0.3) is 0 Å². The van der Waals surface area contributed by atoms with Gasteiger partial charge in [-0.25, -0.2) is 0 Å². The minimum atomic E-state index is -0.167. The van der Waals surface area contributed by atoms with Gasteiger partial charge in [-0.3, -0.25) is 0 Å². The van der Waals surface area contributed by atoms with Crippen LogP contribution in [-0.2, 0) is 4.74 Å². The van der Waals surface area contributed by atoms with E-state index in [9.17, 15) is 0 Å². The molecule has 0 fully saturated rings. The van der Waals surface area contributed by atoms with E-state index in [1.807, 2.05) is 13.8 Å². The summed E-state index contributed by atoms with van der Waals surface area (Å²) < 4.78 is 9.67. The fourth-order valence-electron chi connectivity index (χ4n) is 1.25. The van der Waals surface area contributed by atoms with E-state index in [1.54, 1.807) is 0 Å². The van der Waals surface area contributed by atoms with Gasteiger partial charge in [0.2, 0.25) is 0 Å². The third kappa shape index (κ3) is 3.35. The number of anilines is 2. The van der Waals surface area contributed by atoms with E-state index >= 15 is 0 Å². The Morgan fingerprint density at radius 3 is 2.67 bits per heavy atom. The Labute approximate surface area is 95.0 Å². The first-order valence-electron chi connectivity index (χ1n) is 5.06. The minimum Gasteiger partial charge on any atom is -0.383 e. The summed E-state index contributed by atoms with van der Waals surface area (Å²) in [7, 11) is 0. The number of ether oxygens (including phenoxy) is 1. The highest BCUT2D eigenvalue weighted by atomic mass is 32.1. The molecule has 0 aliphatic rings. The van der Waals surface area contributed by atoms with Crippen molar-refractivity contribution in [1.82, 2.24) is 4.37 Å². The molecule has 0 saturated heterocycles. The van der Waals surface area contributed by atoms with E-state index in [0.29, 0.717) is 5.82 Å². The Balaban J connectivity index is 2.53. The standard InChI is InChI=1S/C10H19N3OS/c1-5-14-10(3,4)6-12-9-7(2)8(11)13-15-9/h12H,5-6H2,1-4H3,(H2,11,13). The van der Waals surface area contributed by atoms with Crippen molar-refractivity contribution in [3.8, 4) is 0 Å². The molecule has 4 nitrogen and oxygen atoms in total. The SMILES string of the molecule is CCOC(C)(C)CNc1snc(N)c1C. The molecule has 1 rings (SSSR count). The van der Waals surface area contributed by atoms with Crippen LogP contribution in [0.15, 0.2) is 0 Å². The molecule has 0 unspecified atom stereocenters. The molecule has 0 saturated carbocycles. The van der Waals surface area contributed by atoms with Crippen LogP contribution in [0.2, 0.25) is 0 Å². The summed E-state index contributed by atoms with van der Waals surface area (Å²) in [5.74, 6) is 0.608. The molecule has 5 heteroatoms. The van der Waals surface area contributed by atoms with Gasteiger partial charge in [-0.15, -0.1) is 0 Å². The van der Waals surface area contributed by atoms with Gasteiger partial charge in [-0.1, -0.05) is 0 Å². The Hall–Kier alpha value is -0.810. The number of hydrogen-bond donors (Lipinski definition) is 2. The second-order valence-corrected chi connectivity index (χ2v) is 4.84. The van der Waals surface area contributed by atoms with Crippen molar-refractivity contribution in [3.63, 3.8) is 0 Å². The van der Waals surface area contributed by atoms with Crippen molar-refractivity contribution in [1.29, 1.82) is 0 Å². The molecule has 0 spiro atoms. The average Bonchev–Trinajstić information content (AvgIpc) is 2.45. The van der Waals surface area contributed by atoms with Crippen LogP contribution in [0, 0.1) is 6.92 Å². The summed E-state index contributed by atoms with van der Waals surface area (Å²) in [6.07, 6.45) is 0. The molecule has 1 heterocycles. The number of nitrogens with one attached hydrogen (secondary N) is 1. The predicted molar refractivity (Wildman–Crippen MR) is 65.5 cm³/mol. The maximum Gasteiger partial charge on any atom is 0.142 e. The van der Waals surface area contributed by atoms with Gasteiger partial charge < -0.3 is 15.8 Å². The molecule has 1 aromatic rings. The summed E-state index contributed by atoms with van der Waals surface area (Å²) in [5.41, 5.74) is 6.52. The molecule has 0 aromatic carbocycles. The van der Waals surface area contributed by atoms with E-state index in [-0.39, 0.29) is 5.60 Å². The van der Waals surface area contributed by atoms with Crippen molar-refractivity contribution in [2.45, 2.75) is 33.3 Å². The van der Waals surface area contributed by atoms with Crippen LogP contribution in [0.1, 0.15) is 26.3 Å². The lowest BCUT2D eigenvalue weighted by Crippen LogP contribution is -2.33. The fourth-order valence-corrected chi connectivity index (χ4v) is 1.95. The lowest BCUT2D eigenvalue weighted by atomic mass is 10.1. The van der Waals surface area contributed by atoms with Gasteiger partial charge in [0.15, 0.2) is 0 Å². The molecule has 0 amide bonds. The number of nitrogens with zero attached hydrogens (tertiary/aromatic N) is 1. The van der Waals surface area contributed by atoms with Crippen molar-refractivity contribution < 1.29 is 4.74 Å². The molecule has 0 atom stereocenters. The van der Waals surface area contributed by atoms with Gasteiger partial charge >= 0.3 is 0 Å². The highest BCUT2D eigenvalue weighted by Crippen LogP contribution is 2.26. The summed E-state index contributed by atoms with van der Waals surface area (Å²) in [4.78, 5) is 0. The van der Waals surface area contributed by atoms with Crippen LogP contribution in [0.25, 0.3) is 0 Å². The lowest BCUT2D eigenvalue weighted by Gasteiger charge is -2.25. The van der Waals surface area contributed by atoms with E-state index in [0.717, 1.165) is 23.7 Å². The zero-order chi connectivity index (χ0) is 11.5. The Kier molecular flexibility index (Phi) is 3.93. The molecule has 0 radical (unpaired) electrons. The molecule has 0 bridgehead atoms. The first kappa shape index (κ1) is 12.3. The van der Waals surface area contributed by atoms with Crippen LogP contribution >= 0.6 is 11.5 Å². The number of nitrogens with two attached hydrogens (primary N) is 1. The highest BCUT2D eigenvalue weighted by Gasteiger charge is 2.18. The maximum atomic E-state index is 5.67. The first-order valence-corrected chi connectivity index (χ1v) is 5.83. The molecule has 86 valence electrons. The van der Waals surface area contributed by atoms with Crippen LogP contribution in [-0.4, -0.2) is 23.1 Å². The summed E-state index contributed by atoms with van der Waals surface area (Å²) in [6.45, 7) is 9.56. The first-order chi connectivity index (χ1) is 6.96. The summed E-state index contributed by atoms with van der Waals surface area (Å²) in [5, 5.41) is 4.34. The molecule has 0 aliphatic heterocycles. The predicted octanol–water partition coefficient (Wildman–Crippen LogP) is 2.26. The molecular weight excluding hydrogens is 210 g/mol. The molecule has 15 heavy (non-hydrogen) atoms. The van der Waals surface area contributed by atoms with Crippen LogP contribution in [0.5, 0.6) is 0 Å². The summed E-state index contributed by atoms with van der Waals surface area (Å²) in [6, 6.07) is 0. The highest BCUT2D eigenvalue weighted by molar-refractivity contribution is 7.10. The summed E-state index contributed by atoms with van der Waals surface area (Å²) >= 11 is 1.39. The number of nitrogen functional groups attached to an aromatic ring is 1. The smallest absolute Gasteiger partial charge is 0.142 e. The Morgan fingerprint density at radius 2 is 2.20 bits per heavy atom. The van der Waals surface area contributed by atoms with Crippen LogP contribution in [0.4, 0.5) is 10.8 Å².